The van der Waals surface area contributed by atoms with E-state index in [0.29, 0.717) is 0 Å². The summed E-state index contributed by atoms with van der Waals surface area (Å²) in [4.78, 5) is 6.92. The van der Waals surface area contributed by atoms with E-state index in [1.807, 2.05) is 24.8 Å². The maximum Gasteiger partial charge on any atom is 0.191 e. The molecule has 1 fully saturated rings. The second-order valence-corrected chi connectivity index (χ2v) is 7.75. The van der Waals surface area contributed by atoms with E-state index >= 15 is 0 Å². The molecule has 0 amide bonds. The van der Waals surface area contributed by atoms with Gasteiger partial charge in [0.15, 0.2) is 5.96 Å². The summed E-state index contributed by atoms with van der Waals surface area (Å²) in [7, 11) is 3.82. The number of aromatic nitrogens is 2. The van der Waals surface area contributed by atoms with Gasteiger partial charge in [0.1, 0.15) is 5.76 Å². The third-order valence-electron chi connectivity index (χ3n) is 5.69. The lowest BCUT2D eigenvalue weighted by molar-refractivity contribution is 0.215. The molecule has 1 aliphatic rings. The Morgan fingerprint density at radius 1 is 1.31 bits per heavy atom. The van der Waals surface area contributed by atoms with Crippen LogP contribution in [0.2, 0.25) is 0 Å². The molecule has 1 aliphatic heterocycles. The molecule has 0 aliphatic carbocycles. The predicted molar refractivity (Wildman–Crippen MR) is 128 cm³/mol. The van der Waals surface area contributed by atoms with Gasteiger partial charge in [-0.15, -0.1) is 24.0 Å². The molecule has 3 heterocycles. The fourth-order valence-corrected chi connectivity index (χ4v) is 4.04. The average molecular weight is 514 g/mol. The average Bonchev–Trinajstić information content (AvgIpc) is 3.42. The molecule has 2 N–H and O–H groups in total. The number of aliphatic imine (C=N–C) groups is 1. The summed E-state index contributed by atoms with van der Waals surface area (Å²) in [5.74, 6) is 1.84. The molecule has 2 aromatic heterocycles. The molecule has 1 saturated heterocycles. The summed E-state index contributed by atoms with van der Waals surface area (Å²) in [6.45, 7) is 9.39. The monoisotopic (exact) mass is 514 g/mol. The molecule has 162 valence electrons. The third kappa shape index (κ3) is 5.97. The molecule has 8 heteroatoms. The summed E-state index contributed by atoms with van der Waals surface area (Å²) in [5, 5.41) is 11.5. The Labute approximate surface area is 191 Å². The topological polar surface area (TPSA) is 70.6 Å². The number of guanidine groups is 1. The van der Waals surface area contributed by atoms with Gasteiger partial charge in [-0.05, 0) is 70.8 Å². The first kappa shape index (κ1) is 23.7. The van der Waals surface area contributed by atoms with Crippen molar-refractivity contribution in [1.29, 1.82) is 0 Å². The van der Waals surface area contributed by atoms with E-state index in [4.69, 9.17) is 4.42 Å². The second kappa shape index (κ2) is 11.0. The quantitative estimate of drug-likeness (QED) is 0.338. The van der Waals surface area contributed by atoms with E-state index < -0.39 is 0 Å². The van der Waals surface area contributed by atoms with Gasteiger partial charge in [0.2, 0.25) is 0 Å². The zero-order valence-corrected chi connectivity index (χ0v) is 20.6. The number of hydrogen-bond acceptors (Lipinski definition) is 4. The van der Waals surface area contributed by atoms with Gasteiger partial charge < -0.3 is 15.1 Å². The highest BCUT2D eigenvalue weighted by Gasteiger charge is 2.25. The highest BCUT2D eigenvalue weighted by Crippen LogP contribution is 2.24. The van der Waals surface area contributed by atoms with Crippen LogP contribution in [0.25, 0.3) is 0 Å². The fraction of sp³-hybridized carbons (Fsp3) is 0.619. The van der Waals surface area contributed by atoms with Crippen LogP contribution in [0.1, 0.15) is 48.5 Å². The number of halogens is 1. The van der Waals surface area contributed by atoms with E-state index in [2.05, 4.69) is 52.5 Å². The van der Waals surface area contributed by atoms with E-state index in [-0.39, 0.29) is 36.1 Å². The molecule has 0 radical (unpaired) electrons. The largest absolute Gasteiger partial charge is 0.468 e. The smallest absolute Gasteiger partial charge is 0.191 e. The van der Waals surface area contributed by atoms with Crippen molar-refractivity contribution in [2.45, 2.75) is 52.1 Å². The van der Waals surface area contributed by atoms with Gasteiger partial charge in [-0.2, -0.15) is 5.10 Å². The Balaban J connectivity index is 0.00000300. The molecule has 2 unspecified atom stereocenters. The van der Waals surface area contributed by atoms with Gasteiger partial charge in [-0.3, -0.25) is 14.6 Å². The van der Waals surface area contributed by atoms with Crippen molar-refractivity contribution >= 4 is 29.9 Å². The zero-order valence-electron chi connectivity index (χ0n) is 18.2. The number of hydrogen-bond donors (Lipinski definition) is 2. The number of furan rings is 1. The Bertz CT molecular complexity index is 779. The normalized spacial score (nSPS) is 17.1. The zero-order chi connectivity index (χ0) is 20.1. The molecule has 7 nitrogen and oxygen atoms in total. The van der Waals surface area contributed by atoms with Crippen LogP contribution in [-0.4, -0.2) is 53.4 Å². The highest BCUT2D eigenvalue weighted by atomic mass is 127. The van der Waals surface area contributed by atoms with Gasteiger partial charge in [-0.1, -0.05) is 0 Å². The number of aryl methyl sites for hydroxylation is 2. The van der Waals surface area contributed by atoms with Crippen LogP contribution in [-0.2, 0) is 13.5 Å². The van der Waals surface area contributed by atoms with Gasteiger partial charge in [-0.25, -0.2) is 0 Å². The molecular weight excluding hydrogens is 479 g/mol. The molecule has 0 aromatic carbocycles. The van der Waals surface area contributed by atoms with Crippen molar-refractivity contribution in [3.8, 4) is 0 Å². The summed E-state index contributed by atoms with van der Waals surface area (Å²) < 4.78 is 7.66. The Hall–Kier alpha value is -1.55. The van der Waals surface area contributed by atoms with Crippen LogP contribution in [0.4, 0.5) is 0 Å². The summed E-state index contributed by atoms with van der Waals surface area (Å²) in [5.41, 5.74) is 3.63. The van der Waals surface area contributed by atoms with Crippen LogP contribution in [0.3, 0.4) is 0 Å². The molecule has 29 heavy (non-hydrogen) atoms. The lowest BCUT2D eigenvalue weighted by Crippen LogP contribution is -2.46. The summed E-state index contributed by atoms with van der Waals surface area (Å²) >= 11 is 0. The number of nitrogens with one attached hydrogen (secondary N) is 2. The van der Waals surface area contributed by atoms with Gasteiger partial charge in [0.25, 0.3) is 0 Å². The second-order valence-electron chi connectivity index (χ2n) is 7.75. The summed E-state index contributed by atoms with van der Waals surface area (Å²) in [6.07, 6.45) is 5.18. The van der Waals surface area contributed by atoms with Crippen LogP contribution < -0.4 is 10.6 Å². The number of rotatable bonds is 7. The maximum absolute atomic E-state index is 5.71. The van der Waals surface area contributed by atoms with E-state index in [9.17, 15) is 0 Å². The number of nitrogens with zero attached hydrogens (tertiary/aromatic N) is 4. The highest BCUT2D eigenvalue weighted by molar-refractivity contribution is 14.0. The minimum absolute atomic E-state index is 0. The van der Waals surface area contributed by atoms with Crippen LogP contribution in [0, 0.1) is 13.8 Å². The van der Waals surface area contributed by atoms with Gasteiger partial charge in [0.05, 0.1) is 18.0 Å². The van der Waals surface area contributed by atoms with Crippen LogP contribution in [0.15, 0.2) is 27.8 Å². The lowest BCUT2D eigenvalue weighted by atomic mass is 10.1. The van der Waals surface area contributed by atoms with Crippen molar-refractivity contribution in [2.75, 3.05) is 26.7 Å². The van der Waals surface area contributed by atoms with Gasteiger partial charge in [0, 0.05) is 32.4 Å². The maximum atomic E-state index is 5.71. The van der Waals surface area contributed by atoms with Crippen molar-refractivity contribution in [1.82, 2.24) is 25.3 Å². The van der Waals surface area contributed by atoms with Crippen molar-refractivity contribution in [2.24, 2.45) is 12.0 Å². The Morgan fingerprint density at radius 2 is 2.03 bits per heavy atom. The molecule has 2 aromatic rings. The molecular formula is C21H35IN6O. The van der Waals surface area contributed by atoms with Gasteiger partial charge >= 0.3 is 0 Å². The lowest BCUT2D eigenvalue weighted by Gasteiger charge is -2.27. The minimum Gasteiger partial charge on any atom is -0.468 e. The van der Waals surface area contributed by atoms with Crippen molar-refractivity contribution in [3.63, 3.8) is 0 Å². The van der Waals surface area contributed by atoms with Crippen molar-refractivity contribution < 1.29 is 4.42 Å². The van der Waals surface area contributed by atoms with Crippen molar-refractivity contribution in [3.05, 3.63) is 41.1 Å². The molecule has 3 rings (SSSR count). The van der Waals surface area contributed by atoms with Crippen LogP contribution >= 0.6 is 24.0 Å². The molecule has 0 bridgehead atoms. The SMILES string of the molecule is CN=C(NCC(c1ccco1)N1CCCC1)NC(C)Cc1c(C)nn(C)c1C.I. The summed E-state index contributed by atoms with van der Waals surface area (Å²) in [6, 6.07) is 4.51. The molecule has 2 atom stereocenters. The van der Waals surface area contributed by atoms with E-state index in [1.165, 1.54) is 24.1 Å². The molecule has 0 saturated carbocycles. The first-order chi connectivity index (χ1) is 13.5. The standard InChI is InChI=1S/C21H34N6O.HI/c1-15(13-18-16(2)25-26(5)17(18)3)24-21(22-4)23-14-19(20-9-8-12-28-20)27-10-6-7-11-27;/h8-9,12,15,19H,6-7,10-11,13-14H2,1-5H3,(H2,22,23,24);1H. The number of likely N-dealkylation sites (tertiary alicyclic amines) is 1. The van der Waals surface area contributed by atoms with E-state index in [1.54, 1.807) is 6.26 Å². The van der Waals surface area contributed by atoms with E-state index in [0.717, 1.165) is 43.5 Å². The fourth-order valence-electron chi connectivity index (χ4n) is 4.04. The predicted octanol–water partition coefficient (Wildman–Crippen LogP) is 3.18. The molecule has 0 spiro atoms. The first-order valence-electron chi connectivity index (χ1n) is 10.2. The van der Waals surface area contributed by atoms with Crippen LogP contribution in [0.5, 0.6) is 0 Å². The first-order valence-corrected chi connectivity index (χ1v) is 10.2. The Kier molecular flexibility index (Phi) is 9.01. The minimum atomic E-state index is 0. The Morgan fingerprint density at radius 3 is 2.59 bits per heavy atom. The third-order valence-corrected chi connectivity index (χ3v) is 5.69.